The first kappa shape index (κ1) is 17.2. The number of nitrogens with zero attached hydrogens (tertiary/aromatic N) is 1. The van der Waals surface area contributed by atoms with E-state index in [2.05, 4.69) is 25.7 Å². The van der Waals surface area contributed by atoms with Gasteiger partial charge in [-0.15, -0.1) is 0 Å². The molecule has 3 fully saturated rings. The fraction of sp³-hybridized carbons (Fsp3) is 0.947. The lowest BCUT2D eigenvalue weighted by Crippen LogP contribution is -2.65. The Bertz CT molecular complexity index is 472. The number of nitrogens with two attached hydrogens (primary N) is 1. The fourth-order valence-corrected chi connectivity index (χ4v) is 6.40. The summed E-state index contributed by atoms with van der Waals surface area (Å²) in [5.74, 6) is 0.415. The van der Waals surface area contributed by atoms with Crippen molar-refractivity contribution >= 4 is 5.97 Å². The zero-order chi connectivity index (χ0) is 16.9. The molecule has 3 aliphatic rings. The minimum Gasteiger partial charge on any atom is -0.466 e. The van der Waals surface area contributed by atoms with E-state index < -0.39 is 0 Å². The van der Waals surface area contributed by atoms with Crippen LogP contribution in [-0.4, -0.2) is 42.6 Å². The molecule has 23 heavy (non-hydrogen) atoms. The van der Waals surface area contributed by atoms with E-state index in [9.17, 15) is 4.79 Å². The van der Waals surface area contributed by atoms with E-state index in [0.29, 0.717) is 19.1 Å². The molecule has 0 amide bonds. The van der Waals surface area contributed by atoms with Gasteiger partial charge in [0.1, 0.15) is 0 Å². The molecule has 4 heteroatoms. The standard InChI is InChI=1S/C19H34N2O2/c1-5-23-16(22)15(13-20)19(21-10-6-7-11-21)12-14-8-9-18(19,4)17(14,2)3/h14-15H,5-13,20H2,1-4H3/t14-,15-,18+,19+/m0/s1. The Labute approximate surface area is 141 Å². The van der Waals surface area contributed by atoms with E-state index in [-0.39, 0.29) is 28.3 Å². The molecule has 0 radical (unpaired) electrons. The van der Waals surface area contributed by atoms with E-state index in [4.69, 9.17) is 10.5 Å². The molecule has 0 spiro atoms. The number of hydrogen-bond acceptors (Lipinski definition) is 4. The van der Waals surface area contributed by atoms with Gasteiger partial charge in [-0.05, 0) is 68.9 Å². The highest BCUT2D eigenvalue weighted by atomic mass is 16.5. The summed E-state index contributed by atoms with van der Waals surface area (Å²) in [6.45, 7) is 12.2. The lowest BCUT2D eigenvalue weighted by atomic mass is 9.57. The van der Waals surface area contributed by atoms with Gasteiger partial charge in [-0.3, -0.25) is 9.69 Å². The lowest BCUT2D eigenvalue weighted by molar-refractivity contribution is -0.161. The summed E-state index contributed by atoms with van der Waals surface area (Å²) in [5, 5.41) is 0. The smallest absolute Gasteiger partial charge is 0.312 e. The summed E-state index contributed by atoms with van der Waals surface area (Å²) in [6, 6.07) is 0. The third kappa shape index (κ3) is 2.07. The second-order valence-electron chi connectivity index (χ2n) is 8.65. The van der Waals surface area contributed by atoms with Gasteiger partial charge in [0.15, 0.2) is 0 Å². The summed E-state index contributed by atoms with van der Waals surface area (Å²) in [5.41, 5.74) is 6.46. The van der Waals surface area contributed by atoms with Gasteiger partial charge in [-0.2, -0.15) is 0 Å². The van der Waals surface area contributed by atoms with Crippen LogP contribution in [0.1, 0.15) is 59.8 Å². The Morgan fingerprint density at radius 2 is 1.96 bits per heavy atom. The molecular weight excluding hydrogens is 288 g/mol. The van der Waals surface area contributed by atoms with Gasteiger partial charge in [0.25, 0.3) is 0 Å². The number of rotatable bonds is 5. The molecule has 2 aliphatic carbocycles. The average Bonchev–Trinajstić information content (AvgIpc) is 3.14. The summed E-state index contributed by atoms with van der Waals surface area (Å²) < 4.78 is 5.47. The molecule has 2 saturated carbocycles. The van der Waals surface area contributed by atoms with Gasteiger partial charge in [0, 0.05) is 12.1 Å². The van der Waals surface area contributed by atoms with Gasteiger partial charge in [0.2, 0.25) is 0 Å². The third-order valence-corrected chi connectivity index (χ3v) is 8.00. The number of carbonyl (C=O) groups excluding carboxylic acids is 1. The molecule has 0 aromatic rings. The van der Waals surface area contributed by atoms with E-state index in [1.54, 1.807) is 0 Å². The number of fused-ring (bicyclic) bond motifs is 2. The van der Waals surface area contributed by atoms with Gasteiger partial charge < -0.3 is 10.5 Å². The lowest BCUT2D eigenvalue weighted by Gasteiger charge is -2.56. The van der Waals surface area contributed by atoms with Crippen molar-refractivity contribution in [2.24, 2.45) is 28.4 Å². The van der Waals surface area contributed by atoms with E-state index in [1.807, 2.05) is 6.92 Å². The van der Waals surface area contributed by atoms with Crippen molar-refractivity contribution in [3.63, 3.8) is 0 Å². The number of likely N-dealkylation sites (tertiary alicyclic amines) is 1. The Hall–Kier alpha value is -0.610. The van der Waals surface area contributed by atoms with Crippen LogP contribution in [0.25, 0.3) is 0 Å². The van der Waals surface area contributed by atoms with Crippen LogP contribution in [0.4, 0.5) is 0 Å². The second kappa shape index (κ2) is 5.73. The minimum atomic E-state index is -0.199. The zero-order valence-electron chi connectivity index (χ0n) is 15.4. The average molecular weight is 322 g/mol. The van der Waals surface area contributed by atoms with Crippen LogP contribution >= 0.6 is 0 Å². The Morgan fingerprint density at radius 1 is 1.30 bits per heavy atom. The summed E-state index contributed by atoms with van der Waals surface area (Å²) in [4.78, 5) is 15.5. The summed E-state index contributed by atoms with van der Waals surface area (Å²) in [7, 11) is 0. The highest BCUT2D eigenvalue weighted by molar-refractivity contribution is 5.75. The minimum absolute atomic E-state index is 0.0773. The van der Waals surface area contributed by atoms with Crippen LogP contribution in [-0.2, 0) is 9.53 Å². The van der Waals surface area contributed by atoms with Crippen molar-refractivity contribution in [1.29, 1.82) is 0 Å². The molecular formula is C19H34N2O2. The molecule has 3 rings (SSSR count). The molecule has 0 aromatic carbocycles. The van der Waals surface area contributed by atoms with E-state index >= 15 is 0 Å². The van der Waals surface area contributed by atoms with Crippen molar-refractivity contribution in [3.05, 3.63) is 0 Å². The highest BCUT2D eigenvalue weighted by Gasteiger charge is 2.73. The predicted octanol–water partition coefficient (Wildman–Crippen LogP) is 2.81. The maximum Gasteiger partial charge on any atom is 0.312 e. The van der Waals surface area contributed by atoms with Crippen LogP contribution in [0, 0.1) is 22.7 Å². The molecule has 4 atom stereocenters. The number of esters is 1. The molecule has 4 nitrogen and oxygen atoms in total. The molecule has 2 N–H and O–H groups in total. The molecule has 0 aromatic heterocycles. The molecule has 2 bridgehead atoms. The van der Waals surface area contributed by atoms with Gasteiger partial charge in [-0.1, -0.05) is 20.8 Å². The Morgan fingerprint density at radius 3 is 2.39 bits per heavy atom. The van der Waals surface area contributed by atoms with Crippen molar-refractivity contribution in [2.45, 2.75) is 65.3 Å². The third-order valence-electron chi connectivity index (χ3n) is 8.00. The Kier molecular flexibility index (Phi) is 4.29. The van der Waals surface area contributed by atoms with Gasteiger partial charge in [0.05, 0.1) is 12.5 Å². The van der Waals surface area contributed by atoms with Gasteiger partial charge in [-0.25, -0.2) is 0 Å². The van der Waals surface area contributed by atoms with Crippen LogP contribution in [0.15, 0.2) is 0 Å². The topological polar surface area (TPSA) is 55.6 Å². The summed E-state index contributed by atoms with van der Waals surface area (Å²) in [6.07, 6.45) is 6.08. The monoisotopic (exact) mass is 322 g/mol. The van der Waals surface area contributed by atoms with Crippen molar-refractivity contribution < 1.29 is 9.53 Å². The predicted molar refractivity (Wildman–Crippen MR) is 91.9 cm³/mol. The maximum absolute atomic E-state index is 12.8. The van der Waals surface area contributed by atoms with Crippen LogP contribution in [0.2, 0.25) is 0 Å². The first-order valence-corrected chi connectivity index (χ1v) is 9.47. The highest BCUT2D eigenvalue weighted by Crippen LogP contribution is 2.73. The number of hydrogen-bond donors (Lipinski definition) is 1. The Balaban J connectivity index is 2.08. The van der Waals surface area contributed by atoms with Crippen LogP contribution in [0.3, 0.4) is 0 Å². The molecule has 1 heterocycles. The second-order valence-corrected chi connectivity index (χ2v) is 8.65. The summed E-state index contributed by atoms with van der Waals surface area (Å²) >= 11 is 0. The maximum atomic E-state index is 12.8. The first-order chi connectivity index (χ1) is 10.8. The SMILES string of the molecule is CCOC(=O)[C@H](CN)[C@]1(N2CCCC2)C[C@@H]2CC[C@]1(C)C2(C)C. The van der Waals surface area contributed by atoms with Crippen LogP contribution in [0.5, 0.6) is 0 Å². The largest absolute Gasteiger partial charge is 0.466 e. The van der Waals surface area contributed by atoms with Gasteiger partial charge >= 0.3 is 5.97 Å². The molecule has 1 saturated heterocycles. The first-order valence-electron chi connectivity index (χ1n) is 9.47. The fourth-order valence-electron chi connectivity index (χ4n) is 6.40. The number of carbonyl (C=O) groups is 1. The van der Waals surface area contributed by atoms with E-state index in [0.717, 1.165) is 19.5 Å². The van der Waals surface area contributed by atoms with Crippen LogP contribution < -0.4 is 5.73 Å². The quantitative estimate of drug-likeness (QED) is 0.791. The zero-order valence-corrected chi connectivity index (χ0v) is 15.4. The normalized spacial score (nSPS) is 40.5. The number of ether oxygens (including phenoxy) is 1. The van der Waals surface area contributed by atoms with Crippen molar-refractivity contribution in [2.75, 3.05) is 26.2 Å². The van der Waals surface area contributed by atoms with Crippen molar-refractivity contribution in [1.82, 2.24) is 4.90 Å². The molecule has 132 valence electrons. The molecule has 0 unspecified atom stereocenters. The van der Waals surface area contributed by atoms with E-state index in [1.165, 1.54) is 25.7 Å². The molecule has 1 aliphatic heterocycles. The van der Waals surface area contributed by atoms with Crippen molar-refractivity contribution in [3.8, 4) is 0 Å².